The fraction of sp³-hybridized carbons (Fsp3) is 0.0833. The summed E-state index contributed by atoms with van der Waals surface area (Å²) in [5.74, 6) is 0.704. The minimum absolute atomic E-state index is 0.704. The van der Waals surface area contributed by atoms with Crippen molar-refractivity contribution in [1.29, 1.82) is 0 Å². The van der Waals surface area contributed by atoms with Crippen LogP contribution in [-0.4, -0.2) is 9.78 Å². The van der Waals surface area contributed by atoms with Crippen LogP contribution in [0.5, 0.6) is 0 Å². The van der Waals surface area contributed by atoms with Crippen LogP contribution < -0.4 is 5.73 Å². The molecule has 2 heterocycles. The summed E-state index contributed by atoms with van der Waals surface area (Å²) >= 11 is 1.76. The van der Waals surface area contributed by atoms with E-state index in [1.165, 1.54) is 15.6 Å². The number of anilines is 1. The van der Waals surface area contributed by atoms with Crippen LogP contribution in [0.25, 0.3) is 10.1 Å². The summed E-state index contributed by atoms with van der Waals surface area (Å²) in [5, 5.41) is 7.66. The van der Waals surface area contributed by atoms with Crippen molar-refractivity contribution in [3.63, 3.8) is 0 Å². The standard InChI is InChI=1S/C12H11N3S/c13-12-5-6-14-15(12)7-9-8-16-11-4-2-1-3-10(9)11/h1-6,8H,7,13H2. The van der Waals surface area contributed by atoms with Crippen molar-refractivity contribution in [3.05, 3.63) is 47.5 Å². The van der Waals surface area contributed by atoms with Crippen molar-refractivity contribution < 1.29 is 0 Å². The van der Waals surface area contributed by atoms with Gasteiger partial charge in [0, 0.05) is 4.70 Å². The first-order valence-corrected chi connectivity index (χ1v) is 5.95. The minimum Gasteiger partial charge on any atom is -0.384 e. The van der Waals surface area contributed by atoms with E-state index in [9.17, 15) is 0 Å². The zero-order valence-corrected chi connectivity index (χ0v) is 9.45. The third-order valence-corrected chi connectivity index (χ3v) is 3.64. The van der Waals surface area contributed by atoms with Crippen molar-refractivity contribution in [2.75, 3.05) is 5.73 Å². The Morgan fingerprint density at radius 3 is 2.94 bits per heavy atom. The van der Waals surface area contributed by atoms with Crippen LogP contribution in [0.1, 0.15) is 5.56 Å². The molecule has 0 saturated carbocycles. The van der Waals surface area contributed by atoms with Crippen LogP contribution in [0.15, 0.2) is 41.9 Å². The maximum Gasteiger partial charge on any atom is 0.122 e. The Morgan fingerprint density at radius 1 is 1.25 bits per heavy atom. The van der Waals surface area contributed by atoms with Gasteiger partial charge >= 0.3 is 0 Å². The Morgan fingerprint density at radius 2 is 2.12 bits per heavy atom. The molecule has 0 amide bonds. The van der Waals surface area contributed by atoms with E-state index in [0.717, 1.165) is 6.54 Å². The molecule has 0 fully saturated rings. The average Bonchev–Trinajstić information content (AvgIpc) is 2.88. The summed E-state index contributed by atoms with van der Waals surface area (Å²) < 4.78 is 3.12. The van der Waals surface area contributed by atoms with E-state index in [2.05, 4.69) is 34.7 Å². The zero-order chi connectivity index (χ0) is 11.0. The number of thiophene rings is 1. The molecule has 2 aromatic heterocycles. The smallest absolute Gasteiger partial charge is 0.122 e. The summed E-state index contributed by atoms with van der Waals surface area (Å²) in [6, 6.07) is 10.2. The third-order valence-electron chi connectivity index (χ3n) is 2.63. The summed E-state index contributed by atoms with van der Waals surface area (Å²) in [7, 11) is 0. The number of hydrogen-bond acceptors (Lipinski definition) is 3. The average molecular weight is 229 g/mol. The second kappa shape index (κ2) is 3.64. The second-order valence-electron chi connectivity index (χ2n) is 3.67. The van der Waals surface area contributed by atoms with Gasteiger partial charge in [-0.05, 0) is 28.5 Å². The zero-order valence-electron chi connectivity index (χ0n) is 8.63. The van der Waals surface area contributed by atoms with Crippen molar-refractivity contribution >= 4 is 27.2 Å². The Kier molecular flexibility index (Phi) is 2.15. The van der Waals surface area contributed by atoms with Crippen LogP contribution in [0.3, 0.4) is 0 Å². The Bertz CT molecular complexity index is 624. The van der Waals surface area contributed by atoms with E-state index in [4.69, 9.17) is 5.73 Å². The number of fused-ring (bicyclic) bond motifs is 1. The Labute approximate surface area is 97.1 Å². The van der Waals surface area contributed by atoms with Gasteiger partial charge in [0.15, 0.2) is 0 Å². The van der Waals surface area contributed by atoms with E-state index in [0.29, 0.717) is 5.82 Å². The predicted octanol–water partition coefficient (Wildman–Crippen LogP) is 2.73. The van der Waals surface area contributed by atoms with Gasteiger partial charge in [0.1, 0.15) is 5.82 Å². The van der Waals surface area contributed by atoms with Gasteiger partial charge in [0.2, 0.25) is 0 Å². The normalized spacial score (nSPS) is 11.0. The summed E-state index contributed by atoms with van der Waals surface area (Å²) in [6.45, 7) is 0.739. The van der Waals surface area contributed by atoms with Gasteiger partial charge in [-0.3, -0.25) is 0 Å². The molecule has 4 heteroatoms. The van der Waals surface area contributed by atoms with E-state index >= 15 is 0 Å². The lowest BCUT2D eigenvalue weighted by Crippen LogP contribution is -2.04. The lowest BCUT2D eigenvalue weighted by Gasteiger charge is -2.02. The van der Waals surface area contributed by atoms with Gasteiger partial charge < -0.3 is 5.73 Å². The topological polar surface area (TPSA) is 43.8 Å². The van der Waals surface area contributed by atoms with Crippen LogP contribution in [-0.2, 0) is 6.54 Å². The maximum atomic E-state index is 5.81. The predicted molar refractivity (Wildman–Crippen MR) is 67.6 cm³/mol. The highest BCUT2D eigenvalue weighted by atomic mass is 32.1. The van der Waals surface area contributed by atoms with Crippen molar-refractivity contribution in [2.24, 2.45) is 0 Å². The lowest BCUT2D eigenvalue weighted by molar-refractivity contribution is 0.702. The van der Waals surface area contributed by atoms with Gasteiger partial charge in [-0.2, -0.15) is 5.10 Å². The van der Waals surface area contributed by atoms with Crippen molar-refractivity contribution in [1.82, 2.24) is 9.78 Å². The molecule has 3 aromatic rings. The molecule has 80 valence electrons. The molecular formula is C12H11N3S. The van der Waals surface area contributed by atoms with Crippen molar-refractivity contribution in [3.8, 4) is 0 Å². The molecule has 0 bridgehead atoms. The largest absolute Gasteiger partial charge is 0.384 e. The first kappa shape index (κ1) is 9.42. The highest BCUT2D eigenvalue weighted by Crippen LogP contribution is 2.26. The van der Waals surface area contributed by atoms with Gasteiger partial charge in [-0.25, -0.2) is 4.68 Å². The Hall–Kier alpha value is -1.81. The van der Waals surface area contributed by atoms with E-state index in [1.807, 2.05) is 10.7 Å². The number of rotatable bonds is 2. The molecule has 3 rings (SSSR count). The summed E-state index contributed by atoms with van der Waals surface area (Å²) in [5.41, 5.74) is 7.08. The molecule has 0 aliphatic carbocycles. The maximum absolute atomic E-state index is 5.81. The number of aromatic nitrogens is 2. The monoisotopic (exact) mass is 229 g/mol. The quantitative estimate of drug-likeness (QED) is 0.734. The summed E-state index contributed by atoms with van der Waals surface area (Å²) in [4.78, 5) is 0. The molecule has 1 aromatic carbocycles. The Balaban J connectivity index is 2.04. The number of nitrogen functional groups attached to an aromatic ring is 1. The SMILES string of the molecule is Nc1ccnn1Cc1csc2ccccc12. The first-order valence-electron chi connectivity index (χ1n) is 5.07. The second-order valence-corrected chi connectivity index (χ2v) is 4.58. The first-order chi connectivity index (χ1) is 7.84. The van der Waals surface area contributed by atoms with Crippen LogP contribution in [0.4, 0.5) is 5.82 Å². The summed E-state index contributed by atoms with van der Waals surface area (Å²) in [6.07, 6.45) is 1.73. The van der Waals surface area contributed by atoms with E-state index in [-0.39, 0.29) is 0 Å². The lowest BCUT2D eigenvalue weighted by atomic mass is 10.2. The fourth-order valence-electron chi connectivity index (χ4n) is 1.79. The number of nitrogens with zero attached hydrogens (tertiary/aromatic N) is 2. The number of benzene rings is 1. The molecule has 0 atom stereocenters. The molecule has 0 aliphatic heterocycles. The fourth-order valence-corrected chi connectivity index (χ4v) is 2.75. The van der Waals surface area contributed by atoms with Gasteiger partial charge in [0.25, 0.3) is 0 Å². The third kappa shape index (κ3) is 1.47. The number of nitrogens with two attached hydrogens (primary N) is 1. The minimum atomic E-state index is 0.704. The molecule has 16 heavy (non-hydrogen) atoms. The highest BCUT2D eigenvalue weighted by Gasteiger charge is 2.05. The highest BCUT2D eigenvalue weighted by molar-refractivity contribution is 7.17. The molecule has 3 nitrogen and oxygen atoms in total. The van der Waals surface area contributed by atoms with E-state index < -0.39 is 0 Å². The van der Waals surface area contributed by atoms with E-state index in [1.54, 1.807) is 17.5 Å². The molecule has 2 N–H and O–H groups in total. The molecular weight excluding hydrogens is 218 g/mol. The number of hydrogen-bond donors (Lipinski definition) is 1. The molecule has 0 spiro atoms. The van der Waals surface area contributed by atoms with Crippen LogP contribution in [0, 0.1) is 0 Å². The van der Waals surface area contributed by atoms with Crippen LogP contribution in [0.2, 0.25) is 0 Å². The molecule has 0 radical (unpaired) electrons. The van der Waals surface area contributed by atoms with Gasteiger partial charge in [0.05, 0.1) is 12.7 Å². The molecule has 0 saturated heterocycles. The van der Waals surface area contributed by atoms with Gasteiger partial charge in [-0.15, -0.1) is 11.3 Å². The molecule has 0 unspecified atom stereocenters. The molecule has 0 aliphatic rings. The van der Waals surface area contributed by atoms with Gasteiger partial charge in [-0.1, -0.05) is 18.2 Å². The van der Waals surface area contributed by atoms with Crippen LogP contribution >= 0.6 is 11.3 Å². The van der Waals surface area contributed by atoms with Crippen molar-refractivity contribution in [2.45, 2.75) is 6.54 Å².